The average Bonchev–Trinajstić information content (AvgIpc) is 2.86. The van der Waals surface area contributed by atoms with Gasteiger partial charge in [-0.15, -0.1) is 0 Å². The van der Waals surface area contributed by atoms with E-state index >= 15 is 4.39 Å². The monoisotopic (exact) mass is 464 g/mol. The van der Waals surface area contributed by atoms with E-state index in [9.17, 15) is 4.79 Å². The van der Waals surface area contributed by atoms with Crippen LogP contribution in [0.3, 0.4) is 0 Å². The van der Waals surface area contributed by atoms with Crippen LogP contribution < -0.4 is 14.8 Å². The first-order chi connectivity index (χ1) is 16.5. The fourth-order valence-electron chi connectivity index (χ4n) is 4.74. The number of fused-ring (bicyclic) bond motifs is 2. The van der Waals surface area contributed by atoms with Crippen LogP contribution in [0.2, 0.25) is 0 Å². The highest BCUT2D eigenvalue weighted by molar-refractivity contribution is 5.95. The van der Waals surface area contributed by atoms with Gasteiger partial charge in [-0.1, -0.05) is 6.07 Å². The van der Waals surface area contributed by atoms with E-state index in [1.165, 1.54) is 0 Å². The highest BCUT2D eigenvalue weighted by Crippen LogP contribution is 2.33. The van der Waals surface area contributed by atoms with Gasteiger partial charge in [-0.2, -0.15) is 0 Å². The zero-order valence-electron chi connectivity index (χ0n) is 19.3. The van der Waals surface area contributed by atoms with Crippen molar-refractivity contribution < 1.29 is 18.7 Å². The lowest BCUT2D eigenvalue weighted by Gasteiger charge is -2.36. The third kappa shape index (κ3) is 4.97. The van der Waals surface area contributed by atoms with Crippen LogP contribution in [0.25, 0.3) is 11.0 Å². The molecule has 4 heterocycles. The summed E-state index contributed by atoms with van der Waals surface area (Å²) in [5.41, 5.74) is 3.29. The molecule has 2 aliphatic rings. The van der Waals surface area contributed by atoms with Crippen molar-refractivity contribution in [2.45, 2.75) is 37.8 Å². The van der Waals surface area contributed by atoms with Crippen LogP contribution in [-0.2, 0) is 17.6 Å². The number of carbonyl (C=O) groups is 1. The van der Waals surface area contributed by atoms with Crippen molar-refractivity contribution in [2.24, 2.45) is 0 Å². The maximum atomic E-state index is 15.6. The standard InChI is InChI=1S/C26H29FN4O3/c1-33-24-5-3-20-25(30-24)19(7-12-28-20)6-9-26(27)10-14-31(15-11-26)13-8-18-2-4-22-21(16-18)29-23(32)17-34-22/h2-5,7,12,16H,6,8-11,13-15,17H2,1H3,(H,29,32). The Labute approximate surface area is 198 Å². The van der Waals surface area contributed by atoms with Gasteiger partial charge in [0.25, 0.3) is 5.91 Å². The topological polar surface area (TPSA) is 76.6 Å². The lowest BCUT2D eigenvalue weighted by molar-refractivity contribution is -0.118. The second kappa shape index (κ2) is 9.54. The zero-order chi connectivity index (χ0) is 23.5. The van der Waals surface area contributed by atoms with Gasteiger partial charge in [-0.25, -0.2) is 9.37 Å². The van der Waals surface area contributed by atoms with E-state index in [0.717, 1.165) is 53.9 Å². The fourth-order valence-corrected chi connectivity index (χ4v) is 4.74. The number of aromatic nitrogens is 2. The number of benzene rings is 1. The number of methoxy groups -OCH3 is 1. The number of hydrogen-bond acceptors (Lipinski definition) is 6. The normalized spacial score (nSPS) is 17.6. The van der Waals surface area contributed by atoms with E-state index in [2.05, 4.69) is 20.2 Å². The van der Waals surface area contributed by atoms with Crippen molar-refractivity contribution in [3.05, 3.63) is 53.7 Å². The molecule has 1 fully saturated rings. The number of hydrogen-bond donors (Lipinski definition) is 1. The summed E-state index contributed by atoms with van der Waals surface area (Å²) < 4.78 is 26.3. The van der Waals surface area contributed by atoms with E-state index in [0.29, 0.717) is 37.3 Å². The van der Waals surface area contributed by atoms with Gasteiger partial charge in [-0.3, -0.25) is 9.78 Å². The van der Waals surface area contributed by atoms with E-state index in [4.69, 9.17) is 9.47 Å². The van der Waals surface area contributed by atoms with Crippen LogP contribution >= 0.6 is 0 Å². The summed E-state index contributed by atoms with van der Waals surface area (Å²) in [5, 5.41) is 2.85. The van der Waals surface area contributed by atoms with Gasteiger partial charge < -0.3 is 19.7 Å². The molecule has 0 unspecified atom stereocenters. The number of carbonyl (C=O) groups excluding carboxylic acids is 1. The second-order valence-corrected chi connectivity index (χ2v) is 9.10. The largest absolute Gasteiger partial charge is 0.482 e. The zero-order valence-corrected chi connectivity index (χ0v) is 19.3. The van der Waals surface area contributed by atoms with Gasteiger partial charge in [0.05, 0.1) is 23.8 Å². The number of nitrogens with one attached hydrogen (secondary N) is 1. The number of rotatable bonds is 7. The molecule has 0 aliphatic carbocycles. The number of nitrogens with zero attached hydrogens (tertiary/aromatic N) is 3. The van der Waals surface area contributed by atoms with E-state index in [-0.39, 0.29) is 12.5 Å². The van der Waals surface area contributed by atoms with Crippen molar-refractivity contribution >= 4 is 22.6 Å². The Morgan fingerprint density at radius 3 is 2.85 bits per heavy atom. The summed E-state index contributed by atoms with van der Waals surface area (Å²) in [6.07, 6.45) is 4.76. The second-order valence-electron chi connectivity index (χ2n) is 9.10. The van der Waals surface area contributed by atoms with Crippen molar-refractivity contribution in [3.8, 4) is 11.6 Å². The number of alkyl halides is 1. The van der Waals surface area contributed by atoms with Gasteiger partial charge >= 0.3 is 0 Å². The molecule has 34 heavy (non-hydrogen) atoms. The first kappa shape index (κ1) is 22.5. The van der Waals surface area contributed by atoms with E-state index in [1.54, 1.807) is 19.4 Å². The third-order valence-electron chi connectivity index (χ3n) is 6.84. The van der Waals surface area contributed by atoms with Gasteiger partial charge in [0.1, 0.15) is 11.4 Å². The third-order valence-corrected chi connectivity index (χ3v) is 6.84. The number of pyridine rings is 2. The number of likely N-dealkylation sites (tertiary alicyclic amines) is 1. The Morgan fingerprint density at radius 1 is 1.18 bits per heavy atom. The quantitative estimate of drug-likeness (QED) is 0.571. The Hall–Kier alpha value is -3.26. The van der Waals surface area contributed by atoms with Crippen LogP contribution in [-0.4, -0.2) is 59.8 Å². The lowest BCUT2D eigenvalue weighted by atomic mass is 9.87. The minimum Gasteiger partial charge on any atom is -0.482 e. The fraction of sp³-hybridized carbons (Fsp3) is 0.423. The summed E-state index contributed by atoms with van der Waals surface area (Å²) in [5.74, 6) is 1.12. The van der Waals surface area contributed by atoms with Gasteiger partial charge in [-0.05, 0) is 67.5 Å². The number of piperidine rings is 1. The molecule has 2 aromatic heterocycles. The Kier molecular flexibility index (Phi) is 6.32. The maximum Gasteiger partial charge on any atom is 0.262 e. The molecule has 7 nitrogen and oxygen atoms in total. The highest BCUT2D eigenvalue weighted by Gasteiger charge is 2.34. The molecule has 5 rings (SSSR count). The minimum atomic E-state index is -1.17. The molecular formula is C26H29FN4O3. The summed E-state index contributed by atoms with van der Waals surface area (Å²) in [6.45, 7) is 2.41. The summed E-state index contributed by atoms with van der Waals surface area (Å²) >= 11 is 0. The molecule has 8 heteroatoms. The van der Waals surface area contributed by atoms with E-state index in [1.807, 2.05) is 30.3 Å². The lowest BCUT2D eigenvalue weighted by Crippen LogP contribution is -2.42. The molecule has 0 radical (unpaired) electrons. The van der Waals surface area contributed by atoms with Gasteiger partial charge in [0, 0.05) is 31.9 Å². The van der Waals surface area contributed by atoms with Crippen molar-refractivity contribution in [3.63, 3.8) is 0 Å². The van der Waals surface area contributed by atoms with Crippen LogP contribution in [0.4, 0.5) is 10.1 Å². The molecule has 1 N–H and O–H groups in total. The molecule has 3 aromatic rings. The molecule has 1 aromatic carbocycles. The Morgan fingerprint density at radius 2 is 2.03 bits per heavy atom. The van der Waals surface area contributed by atoms with Crippen LogP contribution in [0.15, 0.2) is 42.6 Å². The van der Waals surface area contributed by atoms with Crippen molar-refractivity contribution in [1.29, 1.82) is 0 Å². The molecule has 0 saturated carbocycles. The van der Waals surface area contributed by atoms with Gasteiger partial charge in [0.15, 0.2) is 6.61 Å². The molecule has 0 spiro atoms. The van der Waals surface area contributed by atoms with Crippen LogP contribution in [0.5, 0.6) is 11.6 Å². The molecule has 0 bridgehead atoms. The van der Waals surface area contributed by atoms with E-state index < -0.39 is 5.67 Å². The number of aryl methyl sites for hydroxylation is 1. The first-order valence-corrected chi connectivity index (χ1v) is 11.8. The number of anilines is 1. The average molecular weight is 465 g/mol. The smallest absolute Gasteiger partial charge is 0.262 e. The number of halogens is 1. The predicted octanol–water partition coefficient (Wildman–Crippen LogP) is 3.95. The van der Waals surface area contributed by atoms with Crippen molar-refractivity contribution in [1.82, 2.24) is 14.9 Å². The van der Waals surface area contributed by atoms with Crippen LogP contribution in [0, 0.1) is 0 Å². The predicted molar refractivity (Wildman–Crippen MR) is 128 cm³/mol. The molecule has 178 valence electrons. The molecule has 1 amide bonds. The Bertz CT molecular complexity index is 1190. The first-order valence-electron chi connectivity index (χ1n) is 11.8. The number of amides is 1. The van der Waals surface area contributed by atoms with Crippen molar-refractivity contribution in [2.75, 3.05) is 38.7 Å². The summed E-state index contributed by atoms with van der Waals surface area (Å²) in [6, 6.07) is 11.5. The molecule has 2 aliphatic heterocycles. The minimum absolute atomic E-state index is 0.0627. The maximum absolute atomic E-state index is 15.6. The number of ether oxygens (including phenoxy) is 2. The summed E-state index contributed by atoms with van der Waals surface area (Å²) in [4.78, 5) is 22.8. The SMILES string of the molecule is COc1ccc2nccc(CCC3(F)CCN(CCc4ccc5c(c4)NC(=O)CO5)CC3)c2n1. The Balaban J connectivity index is 1.14. The molecular weight excluding hydrogens is 435 g/mol. The van der Waals surface area contributed by atoms with Gasteiger partial charge in [0.2, 0.25) is 5.88 Å². The van der Waals surface area contributed by atoms with Crippen LogP contribution in [0.1, 0.15) is 30.4 Å². The molecule has 0 atom stereocenters. The summed E-state index contributed by atoms with van der Waals surface area (Å²) in [7, 11) is 1.59. The highest BCUT2D eigenvalue weighted by atomic mass is 19.1. The molecule has 1 saturated heterocycles.